The highest BCUT2D eigenvalue weighted by Crippen LogP contribution is 2.30. The summed E-state index contributed by atoms with van der Waals surface area (Å²) < 4.78 is 12.0. The molecule has 0 amide bonds. The van der Waals surface area contributed by atoms with E-state index >= 15 is 0 Å². The van der Waals surface area contributed by atoms with Crippen LogP contribution >= 0.6 is 22.6 Å². The first-order valence-corrected chi connectivity index (χ1v) is 7.97. The second-order valence-corrected chi connectivity index (χ2v) is 5.93. The third-order valence-electron chi connectivity index (χ3n) is 3.32. The molecule has 0 aromatic heterocycles. The number of hydrogen-bond donors (Lipinski definition) is 1. The summed E-state index contributed by atoms with van der Waals surface area (Å²) in [6, 6.07) is 14.7. The third kappa shape index (κ3) is 4.11. The van der Waals surface area contributed by atoms with Crippen LogP contribution in [0.5, 0.6) is 11.5 Å². The molecule has 1 unspecified atom stereocenters. The third-order valence-corrected chi connectivity index (χ3v) is 4.04. The van der Waals surface area contributed by atoms with Crippen molar-refractivity contribution in [2.75, 3.05) is 20.8 Å². The van der Waals surface area contributed by atoms with Gasteiger partial charge in [0.15, 0.2) is 0 Å². The van der Waals surface area contributed by atoms with E-state index < -0.39 is 0 Å². The lowest BCUT2D eigenvalue weighted by Crippen LogP contribution is -2.22. The van der Waals surface area contributed by atoms with Gasteiger partial charge in [-0.3, -0.25) is 0 Å². The van der Waals surface area contributed by atoms with Crippen molar-refractivity contribution in [1.29, 1.82) is 0 Å². The molecule has 0 radical (unpaired) electrons. The normalized spacial score (nSPS) is 12.0. The number of hydrogen-bond acceptors (Lipinski definition) is 3. The maximum absolute atomic E-state index is 5.37. The second-order valence-electron chi connectivity index (χ2n) is 4.69. The fourth-order valence-electron chi connectivity index (χ4n) is 2.28. The van der Waals surface area contributed by atoms with Crippen molar-refractivity contribution >= 4 is 22.6 Å². The van der Waals surface area contributed by atoms with Crippen LogP contribution in [0.1, 0.15) is 24.1 Å². The van der Waals surface area contributed by atoms with Crippen LogP contribution < -0.4 is 14.8 Å². The maximum Gasteiger partial charge on any atom is 0.122 e. The van der Waals surface area contributed by atoms with Gasteiger partial charge >= 0.3 is 0 Å². The zero-order valence-corrected chi connectivity index (χ0v) is 14.7. The molecule has 21 heavy (non-hydrogen) atoms. The van der Waals surface area contributed by atoms with Crippen molar-refractivity contribution in [1.82, 2.24) is 5.32 Å². The number of nitrogens with one attached hydrogen (secondary N) is 1. The van der Waals surface area contributed by atoms with Crippen LogP contribution in [-0.4, -0.2) is 20.8 Å². The minimum atomic E-state index is 0.121. The molecule has 3 nitrogen and oxygen atoms in total. The molecule has 0 saturated carbocycles. The van der Waals surface area contributed by atoms with E-state index in [9.17, 15) is 0 Å². The molecule has 4 heteroatoms. The zero-order chi connectivity index (χ0) is 15.2. The molecule has 2 aromatic carbocycles. The van der Waals surface area contributed by atoms with Crippen molar-refractivity contribution in [3.05, 3.63) is 57.2 Å². The van der Waals surface area contributed by atoms with Crippen LogP contribution in [-0.2, 0) is 0 Å². The topological polar surface area (TPSA) is 30.5 Å². The lowest BCUT2D eigenvalue weighted by Gasteiger charge is -2.20. The first kappa shape index (κ1) is 16.1. The van der Waals surface area contributed by atoms with E-state index in [0.29, 0.717) is 0 Å². The highest BCUT2D eigenvalue weighted by molar-refractivity contribution is 14.1. The molecule has 0 aliphatic carbocycles. The Kier molecular flexibility index (Phi) is 5.87. The summed E-state index contributed by atoms with van der Waals surface area (Å²) in [5, 5.41) is 3.52. The van der Waals surface area contributed by atoms with Crippen LogP contribution in [0.2, 0.25) is 0 Å². The van der Waals surface area contributed by atoms with Crippen molar-refractivity contribution in [2.24, 2.45) is 0 Å². The van der Waals surface area contributed by atoms with E-state index in [1.807, 2.05) is 18.2 Å². The van der Waals surface area contributed by atoms with E-state index in [1.54, 1.807) is 14.2 Å². The number of ether oxygens (including phenoxy) is 2. The van der Waals surface area contributed by atoms with Crippen molar-refractivity contribution in [2.45, 2.75) is 13.0 Å². The number of halogens is 1. The fourth-order valence-corrected chi connectivity index (χ4v) is 2.64. The fraction of sp³-hybridized carbons (Fsp3) is 0.294. The summed E-state index contributed by atoms with van der Waals surface area (Å²) in [4.78, 5) is 0. The average Bonchev–Trinajstić information content (AvgIpc) is 2.53. The molecule has 1 atom stereocenters. The van der Waals surface area contributed by atoms with Gasteiger partial charge in [-0.2, -0.15) is 0 Å². The van der Waals surface area contributed by atoms with Crippen LogP contribution in [0.15, 0.2) is 42.5 Å². The molecule has 2 rings (SSSR count). The van der Waals surface area contributed by atoms with Gasteiger partial charge in [-0.15, -0.1) is 0 Å². The molecule has 0 saturated heterocycles. The SMILES string of the molecule is CCNC(c1ccc(I)cc1)c1cc(OC)cc(OC)c1. The van der Waals surface area contributed by atoms with Gasteiger partial charge < -0.3 is 14.8 Å². The Bertz CT molecular complexity index is 562. The van der Waals surface area contributed by atoms with E-state index in [1.165, 1.54) is 9.13 Å². The molecule has 0 aliphatic heterocycles. The highest BCUT2D eigenvalue weighted by atomic mass is 127. The number of methoxy groups -OCH3 is 2. The lowest BCUT2D eigenvalue weighted by atomic mass is 9.98. The predicted molar refractivity (Wildman–Crippen MR) is 94.2 cm³/mol. The van der Waals surface area contributed by atoms with Gasteiger partial charge in [0.05, 0.1) is 20.3 Å². The highest BCUT2D eigenvalue weighted by Gasteiger charge is 2.15. The molecule has 0 spiro atoms. The molecular formula is C17H20INO2. The number of rotatable bonds is 6. The predicted octanol–water partition coefficient (Wildman–Crippen LogP) is 4.01. The van der Waals surface area contributed by atoms with Gasteiger partial charge in [-0.1, -0.05) is 19.1 Å². The monoisotopic (exact) mass is 397 g/mol. The van der Waals surface area contributed by atoms with E-state index in [2.05, 4.69) is 59.1 Å². The van der Waals surface area contributed by atoms with Crippen molar-refractivity contribution in [3.8, 4) is 11.5 Å². The minimum Gasteiger partial charge on any atom is -0.497 e. The largest absolute Gasteiger partial charge is 0.497 e. The minimum absolute atomic E-state index is 0.121. The molecule has 0 heterocycles. The first-order chi connectivity index (χ1) is 10.2. The molecule has 1 N–H and O–H groups in total. The standard InChI is InChI=1S/C17H20INO2/c1-4-19-17(12-5-7-14(18)8-6-12)13-9-15(20-2)11-16(10-13)21-3/h5-11,17,19H,4H2,1-3H3. The lowest BCUT2D eigenvalue weighted by molar-refractivity contribution is 0.392. The van der Waals surface area contributed by atoms with E-state index in [4.69, 9.17) is 9.47 Å². The van der Waals surface area contributed by atoms with Crippen molar-refractivity contribution in [3.63, 3.8) is 0 Å². The van der Waals surface area contributed by atoms with Gasteiger partial charge in [-0.05, 0) is 64.5 Å². The Morgan fingerprint density at radius 1 is 0.952 bits per heavy atom. The van der Waals surface area contributed by atoms with Crippen LogP contribution in [0.25, 0.3) is 0 Å². The average molecular weight is 397 g/mol. The zero-order valence-electron chi connectivity index (χ0n) is 12.5. The summed E-state index contributed by atoms with van der Waals surface area (Å²) in [5.41, 5.74) is 2.36. The summed E-state index contributed by atoms with van der Waals surface area (Å²) in [6.45, 7) is 2.99. The smallest absolute Gasteiger partial charge is 0.122 e. The van der Waals surface area contributed by atoms with Gasteiger partial charge in [0.25, 0.3) is 0 Å². The van der Waals surface area contributed by atoms with Gasteiger partial charge in [0.1, 0.15) is 11.5 Å². The Hall–Kier alpha value is -1.27. The summed E-state index contributed by atoms with van der Waals surface area (Å²) in [7, 11) is 3.34. The molecule has 2 aromatic rings. The molecule has 0 aliphatic rings. The van der Waals surface area contributed by atoms with Crippen LogP contribution in [0.4, 0.5) is 0 Å². The molecule has 0 bridgehead atoms. The molecule has 0 fully saturated rings. The van der Waals surface area contributed by atoms with Gasteiger partial charge in [0, 0.05) is 9.64 Å². The number of benzene rings is 2. The van der Waals surface area contributed by atoms with E-state index in [0.717, 1.165) is 23.6 Å². The second kappa shape index (κ2) is 7.66. The quantitative estimate of drug-likeness (QED) is 0.748. The van der Waals surface area contributed by atoms with Crippen LogP contribution in [0.3, 0.4) is 0 Å². The van der Waals surface area contributed by atoms with Gasteiger partial charge in [-0.25, -0.2) is 0 Å². The summed E-state index contributed by atoms with van der Waals surface area (Å²) in [6.07, 6.45) is 0. The maximum atomic E-state index is 5.37. The Balaban J connectivity index is 2.44. The summed E-state index contributed by atoms with van der Waals surface area (Å²) >= 11 is 2.32. The Labute approximate surface area is 139 Å². The van der Waals surface area contributed by atoms with Crippen molar-refractivity contribution < 1.29 is 9.47 Å². The Morgan fingerprint density at radius 2 is 1.52 bits per heavy atom. The first-order valence-electron chi connectivity index (χ1n) is 6.89. The van der Waals surface area contributed by atoms with E-state index in [-0.39, 0.29) is 6.04 Å². The molecule has 112 valence electrons. The molecular weight excluding hydrogens is 377 g/mol. The summed E-state index contributed by atoms with van der Waals surface area (Å²) in [5.74, 6) is 1.61. The van der Waals surface area contributed by atoms with Gasteiger partial charge in [0.2, 0.25) is 0 Å². The van der Waals surface area contributed by atoms with Crippen LogP contribution in [0, 0.1) is 3.57 Å². The Morgan fingerprint density at radius 3 is 2.00 bits per heavy atom.